The van der Waals surface area contributed by atoms with Crippen LogP contribution in [0, 0.1) is 0 Å². The smallest absolute Gasteiger partial charge is 0.00973 e. The van der Waals surface area contributed by atoms with Gasteiger partial charge in [-0.2, -0.15) is 0 Å². The van der Waals surface area contributed by atoms with Gasteiger partial charge in [-0.25, -0.2) is 0 Å². The predicted molar refractivity (Wildman–Crippen MR) is 59.1 cm³/mol. The Balaban J connectivity index is 3.01. The molecule has 0 aromatic heterocycles. The molecule has 0 amide bonds. The van der Waals surface area contributed by atoms with Crippen molar-refractivity contribution >= 4 is 0 Å². The van der Waals surface area contributed by atoms with Crippen LogP contribution in [0.4, 0.5) is 0 Å². The number of hydrogen-bond acceptors (Lipinski definition) is 0. The van der Waals surface area contributed by atoms with Crippen molar-refractivity contribution in [3.05, 3.63) is 47.5 Å². The SMILES string of the molecule is C=CCc1cc(CC)ccc1CC. The summed E-state index contributed by atoms with van der Waals surface area (Å²) in [6.45, 7) is 8.18. The lowest BCUT2D eigenvalue weighted by atomic mass is 9.99. The standard InChI is InChI=1S/C13H18/c1-4-7-13-10-11(5-2)8-9-12(13)6-3/h4,8-10H,1,5-7H2,2-3H3. The summed E-state index contributed by atoms with van der Waals surface area (Å²) in [6.07, 6.45) is 5.21. The third kappa shape index (κ3) is 2.45. The molecule has 0 aliphatic carbocycles. The van der Waals surface area contributed by atoms with E-state index in [1.54, 1.807) is 0 Å². The van der Waals surface area contributed by atoms with Crippen LogP contribution in [0.25, 0.3) is 0 Å². The zero-order valence-electron chi connectivity index (χ0n) is 8.64. The first-order valence-corrected chi connectivity index (χ1v) is 5.03. The van der Waals surface area contributed by atoms with Crippen LogP contribution in [-0.4, -0.2) is 0 Å². The van der Waals surface area contributed by atoms with Gasteiger partial charge in [0.2, 0.25) is 0 Å². The first-order chi connectivity index (χ1) is 6.31. The summed E-state index contributed by atoms with van der Waals surface area (Å²) in [4.78, 5) is 0. The summed E-state index contributed by atoms with van der Waals surface area (Å²) >= 11 is 0. The Hall–Kier alpha value is -1.04. The van der Waals surface area contributed by atoms with E-state index < -0.39 is 0 Å². The Kier molecular flexibility index (Phi) is 3.75. The maximum Gasteiger partial charge on any atom is -0.00973 e. The first kappa shape index (κ1) is 10.0. The van der Waals surface area contributed by atoms with Crippen molar-refractivity contribution in [1.82, 2.24) is 0 Å². The van der Waals surface area contributed by atoms with E-state index in [1.165, 1.54) is 16.7 Å². The lowest BCUT2D eigenvalue weighted by Gasteiger charge is -2.07. The second-order valence-corrected chi connectivity index (χ2v) is 3.30. The Morgan fingerprint density at radius 2 is 1.92 bits per heavy atom. The van der Waals surface area contributed by atoms with Gasteiger partial charge < -0.3 is 0 Å². The molecule has 1 aromatic rings. The molecule has 0 radical (unpaired) electrons. The fraction of sp³-hybridized carbons (Fsp3) is 0.385. The molecule has 0 heterocycles. The number of allylic oxidation sites excluding steroid dienone is 1. The molecule has 13 heavy (non-hydrogen) atoms. The summed E-state index contributed by atoms with van der Waals surface area (Å²) in [5.41, 5.74) is 4.32. The minimum Gasteiger partial charge on any atom is -0.103 e. The molecule has 0 fully saturated rings. The topological polar surface area (TPSA) is 0 Å². The van der Waals surface area contributed by atoms with Crippen LogP contribution in [0.2, 0.25) is 0 Å². The van der Waals surface area contributed by atoms with Crippen molar-refractivity contribution in [2.45, 2.75) is 33.1 Å². The Labute approximate surface area is 81.3 Å². The van der Waals surface area contributed by atoms with Gasteiger partial charge in [0.1, 0.15) is 0 Å². The number of rotatable bonds is 4. The minimum absolute atomic E-state index is 0.997. The van der Waals surface area contributed by atoms with Crippen LogP contribution < -0.4 is 0 Å². The molecule has 70 valence electrons. The summed E-state index contributed by atoms with van der Waals surface area (Å²) in [7, 11) is 0. The van der Waals surface area contributed by atoms with Gasteiger partial charge in [-0.1, -0.05) is 38.1 Å². The largest absolute Gasteiger partial charge is 0.103 e. The van der Waals surface area contributed by atoms with Gasteiger partial charge in [0.05, 0.1) is 0 Å². The van der Waals surface area contributed by atoms with Gasteiger partial charge in [0.15, 0.2) is 0 Å². The van der Waals surface area contributed by atoms with Gasteiger partial charge in [0.25, 0.3) is 0 Å². The highest BCUT2D eigenvalue weighted by molar-refractivity contribution is 5.33. The monoisotopic (exact) mass is 174 g/mol. The minimum atomic E-state index is 0.997. The quantitative estimate of drug-likeness (QED) is 0.612. The van der Waals surface area contributed by atoms with E-state index in [0.717, 1.165) is 19.3 Å². The van der Waals surface area contributed by atoms with E-state index in [2.05, 4.69) is 38.6 Å². The van der Waals surface area contributed by atoms with Gasteiger partial charge in [-0.05, 0) is 36.0 Å². The fourth-order valence-corrected chi connectivity index (χ4v) is 1.59. The molecule has 1 rings (SSSR count). The Morgan fingerprint density at radius 3 is 2.46 bits per heavy atom. The van der Waals surface area contributed by atoms with E-state index in [-0.39, 0.29) is 0 Å². The third-order valence-corrected chi connectivity index (χ3v) is 2.42. The molecule has 0 nitrogen and oxygen atoms in total. The highest BCUT2D eigenvalue weighted by atomic mass is 14.0. The van der Waals surface area contributed by atoms with Crippen molar-refractivity contribution in [2.24, 2.45) is 0 Å². The highest BCUT2D eigenvalue weighted by Crippen LogP contribution is 2.14. The van der Waals surface area contributed by atoms with E-state index in [9.17, 15) is 0 Å². The van der Waals surface area contributed by atoms with Crippen LogP contribution in [0.15, 0.2) is 30.9 Å². The molecular formula is C13H18. The molecule has 0 unspecified atom stereocenters. The normalized spacial score (nSPS) is 10.0. The summed E-state index contributed by atoms with van der Waals surface area (Å²) in [5, 5.41) is 0. The highest BCUT2D eigenvalue weighted by Gasteiger charge is 1.99. The van der Waals surface area contributed by atoms with Crippen molar-refractivity contribution < 1.29 is 0 Å². The average Bonchev–Trinajstić information content (AvgIpc) is 2.18. The van der Waals surface area contributed by atoms with Crippen molar-refractivity contribution in [3.8, 4) is 0 Å². The number of aryl methyl sites for hydroxylation is 2. The van der Waals surface area contributed by atoms with Crippen LogP contribution >= 0.6 is 0 Å². The maximum absolute atomic E-state index is 3.79. The summed E-state index contributed by atoms with van der Waals surface area (Å²) in [6, 6.07) is 6.78. The van der Waals surface area contributed by atoms with Crippen LogP contribution in [-0.2, 0) is 19.3 Å². The zero-order chi connectivity index (χ0) is 9.68. The third-order valence-electron chi connectivity index (χ3n) is 2.42. The summed E-state index contributed by atoms with van der Waals surface area (Å²) in [5.74, 6) is 0. The first-order valence-electron chi connectivity index (χ1n) is 5.03. The van der Waals surface area contributed by atoms with E-state index in [4.69, 9.17) is 0 Å². The lowest BCUT2D eigenvalue weighted by molar-refractivity contribution is 1.05. The van der Waals surface area contributed by atoms with Gasteiger partial charge in [0, 0.05) is 0 Å². The van der Waals surface area contributed by atoms with Crippen LogP contribution in [0.5, 0.6) is 0 Å². The van der Waals surface area contributed by atoms with Gasteiger partial charge in [-0.15, -0.1) is 6.58 Å². The molecule has 0 saturated carbocycles. The number of hydrogen-bond donors (Lipinski definition) is 0. The molecule has 0 saturated heterocycles. The molecule has 0 aliphatic heterocycles. The van der Waals surface area contributed by atoms with Crippen molar-refractivity contribution in [3.63, 3.8) is 0 Å². The second-order valence-electron chi connectivity index (χ2n) is 3.30. The Bertz CT molecular complexity index is 284. The number of benzene rings is 1. The predicted octanol–water partition coefficient (Wildman–Crippen LogP) is 3.54. The van der Waals surface area contributed by atoms with Crippen molar-refractivity contribution in [1.29, 1.82) is 0 Å². The molecule has 1 aromatic carbocycles. The molecule has 0 heteroatoms. The fourth-order valence-electron chi connectivity index (χ4n) is 1.59. The average molecular weight is 174 g/mol. The van der Waals surface area contributed by atoms with E-state index in [0.29, 0.717) is 0 Å². The van der Waals surface area contributed by atoms with E-state index in [1.807, 2.05) is 6.08 Å². The second kappa shape index (κ2) is 4.86. The van der Waals surface area contributed by atoms with E-state index >= 15 is 0 Å². The molecule has 0 atom stereocenters. The van der Waals surface area contributed by atoms with Crippen LogP contribution in [0.1, 0.15) is 30.5 Å². The maximum atomic E-state index is 3.79. The molecule has 0 N–H and O–H groups in total. The molecule has 0 spiro atoms. The van der Waals surface area contributed by atoms with Crippen molar-refractivity contribution in [2.75, 3.05) is 0 Å². The van der Waals surface area contributed by atoms with Crippen LogP contribution in [0.3, 0.4) is 0 Å². The lowest BCUT2D eigenvalue weighted by Crippen LogP contribution is -1.93. The summed E-state index contributed by atoms with van der Waals surface area (Å²) < 4.78 is 0. The molecule has 0 bridgehead atoms. The molecular weight excluding hydrogens is 156 g/mol. The van der Waals surface area contributed by atoms with Gasteiger partial charge >= 0.3 is 0 Å². The zero-order valence-corrected chi connectivity index (χ0v) is 8.64. The Morgan fingerprint density at radius 1 is 1.15 bits per heavy atom. The van der Waals surface area contributed by atoms with Gasteiger partial charge in [-0.3, -0.25) is 0 Å². The molecule has 0 aliphatic rings.